The van der Waals surface area contributed by atoms with Crippen molar-refractivity contribution < 1.29 is 19.2 Å². The summed E-state index contributed by atoms with van der Waals surface area (Å²) in [5, 5.41) is 15.6. The van der Waals surface area contributed by atoms with Crippen LogP contribution in [0.5, 0.6) is 5.88 Å². The first-order valence-electron chi connectivity index (χ1n) is 11.5. The first-order chi connectivity index (χ1) is 15.5. The molecule has 6 rings (SSSR count). The molecule has 1 N–H and O–H groups in total. The van der Waals surface area contributed by atoms with Crippen LogP contribution in [0.2, 0.25) is 0 Å². The number of allylic oxidation sites excluding steroid dienone is 2. The average molecular weight is 433 g/mol. The number of benzene rings is 1. The molecule has 0 saturated heterocycles. The quantitative estimate of drug-likeness (QED) is 0.721. The second-order valence-electron chi connectivity index (χ2n) is 9.97. The summed E-state index contributed by atoms with van der Waals surface area (Å²) in [4.78, 5) is 15.9. The predicted molar refractivity (Wildman–Crippen MR) is 119 cm³/mol. The molecule has 32 heavy (non-hydrogen) atoms. The fourth-order valence-corrected chi connectivity index (χ4v) is 6.84. The summed E-state index contributed by atoms with van der Waals surface area (Å²) in [6.45, 7) is 2.56. The molecule has 7 atom stereocenters. The fraction of sp³-hybridized carbons (Fsp3) is 0.462. The van der Waals surface area contributed by atoms with Crippen LogP contribution in [0, 0.1) is 35.5 Å². The van der Waals surface area contributed by atoms with E-state index in [1.165, 1.54) is 0 Å². The van der Waals surface area contributed by atoms with E-state index < -0.39 is 0 Å². The standard InChI is InChI=1S/C26H28N2O4/c1-13-15-9-10-16(13)19-17(15)11-18-20(23(19)29)24(30)21-25(22(18)28(2)3)32-27-26(21)31-12-14-7-5-4-6-8-14/h4-10,13,15-19,22,30H,11-12H2,1-3H3/t13?,15-,16+,17-,18+,19+,22+/m0/s1. The summed E-state index contributed by atoms with van der Waals surface area (Å²) in [6, 6.07) is 9.63. The molecular formula is C26H28N2O4. The lowest BCUT2D eigenvalue weighted by Crippen LogP contribution is -2.44. The van der Waals surface area contributed by atoms with E-state index >= 15 is 0 Å². The molecule has 1 aromatic carbocycles. The number of fused-ring (bicyclic) bond motifs is 7. The Morgan fingerprint density at radius 1 is 1.19 bits per heavy atom. The number of aromatic nitrogens is 1. The van der Waals surface area contributed by atoms with Crippen LogP contribution in [0.4, 0.5) is 0 Å². The van der Waals surface area contributed by atoms with Crippen molar-refractivity contribution in [1.82, 2.24) is 10.1 Å². The van der Waals surface area contributed by atoms with Gasteiger partial charge in [0.2, 0.25) is 0 Å². The molecule has 0 spiro atoms. The molecule has 166 valence electrons. The van der Waals surface area contributed by atoms with Crippen LogP contribution in [0.1, 0.15) is 36.3 Å². The summed E-state index contributed by atoms with van der Waals surface area (Å²) in [6.07, 6.45) is 5.40. The zero-order valence-electron chi connectivity index (χ0n) is 18.6. The number of carbonyl (C=O) groups is 1. The second-order valence-corrected chi connectivity index (χ2v) is 9.97. The van der Waals surface area contributed by atoms with E-state index in [-0.39, 0.29) is 41.2 Å². The first-order valence-corrected chi connectivity index (χ1v) is 11.5. The van der Waals surface area contributed by atoms with Gasteiger partial charge in [0.05, 0.1) is 6.04 Å². The molecule has 4 aliphatic rings. The van der Waals surface area contributed by atoms with Crippen molar-refractivity contribution >= 4 is 11.5 Å². The molecule has 2 saturated carbocycles. The molecule has 0 aliphatic heterocycles. The third-order valence-corrected chi connectivity index (χ3v) is 8.21. The maximum absolute atomic E-state index is 13.8. The van der Waals surface area contributed by atoms with Crippen molar-refractivity contribution in [1.29, 1.82) is 0 Å². The van der Waals surface area contributed by atoms with E-state index in [0.29, 0.717) is 41.3 Å². The van der Waals surface area contributed by atoms with E-state index in [0.717, 1.165) is 12.0 Å². The van der Waals surface area contributed by atoms with Gasteiger partial charge in [-0.15, -0.1) is 0 Å². The lowest BCUT2D eigenvalue weighted by atomic mass is 9.62. The molecule has 6 heteroatoms. The first kappa shape index (κ1) is 19.8. The SMILES string of the molecule is CC1[C@H]2C=C[C@@H]1[C@@H]1C[C@@H]3C(=C(O)c4c(OCc5ccccc5)noc4[C@@H]3N(C)C)C(=O)[C@@H]12. The van der Waals surface area contributed by atoms with Crippen LogP contribution in [-0.4, -0.2) is 35.0 Å². The van der Waals surface area contributed by atoms with Crippen LogP contribution < -0.4 is 4.74 Å². The molecule has 4 aliphatic carbocycles. The Morgan fingerprint density at radius 2 is 1.94 bits per heavy atom. The van der Waals surface area contributed by atoms with Crippen LogP contribution in [0.3, 0.4) is 0 Å². The van der Waals surface area contributed by atoms with E-state index in [4.69, 9.17) is 9.26 Å². The molecule has 2 aromatic rings. The van der Waals surface area contributed by atoms with E-state index in [2.05, 4.69) is 29.1 Å². The van der Waals surface area contributed by atoms with E-state index in [9.17, 15) is 9.90 Å². The van der Waals surface area contributed by atoms with Gasteiger partial charge in [-0.25, -0.2) is 0 Å². The van der Waals surface area contributed by atoms with Crippen molar-refractivity contribution in [2.75, 3.05) is 14.1 Å². The number of aliphatic hydroxyl groups is 1. The third kappa shape index (κ3) is 2.62. The van der Waals surface area contributed by atoms with Gasteiger partial charge in [-0.2, -0.15) is 0 Å². The minimum atomic E-state index is -0.166. The Hall–Kier alpha value is -2.86. The summed E-state index contributed by atoms with van der Waals surface area (Å²) in [5.74, 6) is 2.31. The summed E-state index contributed by atoms with van der Waals surface area (Å²) in [5.41, 5.74) is 1.97. The highest BCUT2D eigenvalue weighted by Crippen LogP contribution is 2.61. The van der Waals surface area contributed by atoms with Crippen LogP contribution in [-0.2, 0) is 11.4 Å². The summed E-state index contributed by atoms with van der Waals surface area (Å²) >= 11 is 0. The van der Waals surface area contributed by atoms with Crippen LogP contribution >= 0.6 is 0 Å². The largest absolute Gasteiger partial charge is 0.507 e. The Labute approximate surface area is 187 Å². The second kappa shape index (κ2) is 7.07. The van der Waals surface area contributed by atoms with Gasteiger partial charge in [0, 0.05) is 17.4 Å². The summed E-state index contributed by atoms with van der Waals surface area (Å²) in [7, 11) is 3.97. The van der Waals surface area contributed by atoms with E-state index in [1.54, 1.807) is 0 Å². The number of ketones is 1. The minimum absolute atomic E-state index is 0.00438. The maximum Gasteiger partial charge on any atom is 0.265 e. The highest BCUT2D eigenvalue weighted by Gasteiger charge is 2.59. The molecule has 2 bridgehead atoms. The van der Waals surface area contributed by atoms with Gasteiger partial charge in [0.15, 0.2) is 11.5 Å². The van der Waals surface area contributed by atoms with Gasteiger partial charge >= 0.3 is 0 Å². The lowest BCUT2D eigenvalue weighted by Gasteiger charge is -2.43. The fourth-order valence-electron chi connectivity index (χ4n) is 6.84. The molecule has 1 heterocycles. The number of Topliss-reactive ketones (excluding diaryl/α,β-unsaturated/α-hetero) is 1. The zero-order valence-corrected chi connectivity index (χ0v) is 18.6. The van der Waals surface area contributed by atoms with E-state index in [1.807, 2.05) is 44.4 Å². The Balaban J connectivity index is 1.41. The van der Waals surface area contributed by atoms with Crippen molar-refractivity contribution in [3.63, 3.8) is 0 Å². The average Bonchev–Trinajstić information content (AvgIpc) is 3.44. The minimum Gasteiger partial charge on any atom is -0.507 e. The number of rotatable bonds is 4. The van der Waals surface area contributed by atoms with Crippen molar-refractivity contribution in [2.24, 2.45) is 35.5 Å². The Bertz CT molecular complexity index is 1130. The van der Waals surface area contributed by atoms with Crippen LogP contribution in [0.25, 0.3) is 5.76 Å². The Kier molecular flexibility index (Phi) is 4.37. The maximum atomic E-state index is 13.8. The normalized spacial score (nSPS) is 34.6. The molecule has 2 fully saturated rings. The third-order valence-electron chi connectivity index (χ3n) is 8.21. The smallest absolute Gasteiger partial charge is 0.265 e. The van der Waals surface area contributed by atoms with Gasteiger partial charge in [-0.1, -0.05) is 49.4 Å². The highest BCUT2D eigenvalue weighted by atomic mass is 16.5. The van der Waals surface area contributed by atoms with Crippen molar-refractivity contribution in [2.45, 2.75) is 26.0 Å². The Morgan fingerprint density at radius 3 is 2.69 bits per heavy atom. The number of ether oxygens (including phenoxy) is 1. The van der Waals surface area contributed by atoms with Crippen molar-refractivity contribution in [3.8, 4) is 5.88 Å². The molecule has 6 nitrogen and oxygen atoms in total. The lowest BCUT2D eigenvalue weighted by molar-refractivity contribution is -0.124. The molecule has 0 amide bonds. The molecule has 1 aromatic heterocycles. The highest BCUT2D eigenvalue weighted by molar-refractivity contribution is 6.06. The van der Waals surface area contributed by atoms with Gasteiger partial charge in [0.25, 0.3) is 5.88 Å². The van der Waals surface area contributed by atoms with Crippen LogP contribution in [0.15, 0.2) is 52.6 Å². The number of carbonyl (C=O) groups excluding carboxylic acids is 1. The van der Waals surface area contributed by atoms with Gasteiger partial charge in [0.1, 0.15) is 17.9 Å². The van der Waals surface area contributed by atoms with Gasteiger partial charge in [-0.05, 0) is 54.9 Å². The van der Waals surface area contributed by atoms with Gasteiger partial charge < -0.3 is 14.4 Å². The topological polar surface area (TPSA) is 75.8 Å². The number of aliphatic hydroxyl groups excluding tert-OH is 1. The van der Waals surface area contributed by atoms with Crippen molar-refractivity contribution in [3.05, 3.63) is 64.9 Å². The number of nitrogens with zero attached hydrogens (tertiary/aromatic N) is 2. The predicted octanol–water partition coefficient (Wildman–Crippen LogP) is 4.41. The molecular weight excluding hydrogens is 404 g/mol. The molecule has 0 radical (unpaired) electrons. The zero-order chi connectivity index (χ0) is 22.1. The van der Waals surface area contributed by atoms with Gasteiger partial charge in [-0.3, -0.25) is 9.69 Å². The number of hydrogen-bond acceptors (Lipinski definition) is 6. The number of hydrogen-bond donors (Lipinski definition) is 1. The summed E-state index contributed by atoms with van der Waals surface area (Å²) < 4.78 is 11.7. The monoisotopic (exact) mass is 432 g/mol. The molecule has 1 unspecified atom stereocenters.